The first kappa shape index (κ1) is 19.7. The van der Waals surface area contributed by atoms with Crippen molar-refractivity contribution in [3.63, 3.8) is 0 Å². The topological polar surface area (TPSA) is 71.7 Å². The van der Waals surface area contributed by atoms with Gasteiger partial charge in [-0.2, -0.15) is 4.98 Å². The Balaban J connectivity index is 1.12. The molecular formula is C24H24N4O3S. The number of amides is 1. The van der Waals surface area contributed by atoms with Crippen LogP contribution in [0, 0.1) is 0 Å². The third-order valence-corrected chi connectivity index (χ3v) is 7.37. The van der Waals surface area contributed by atoms with Crippen molar-refractivity contribution in [3.05, 3.63) is 48.4 Å². The number of pyridine rings is 1. The normalized spacial score (nSPS) is 18.2. The minimum Gasteiger partial charge on any atom is -0.464 e. The van der Waals surface area contributed by atoms with Gasteiger partial charge < -0.3 is 14.1 Å². The molecule has 8 heteroatoms. The molecule has 1 amide bonds. The second kappa shape index (κ2) is 8.18. The molecule has 0 atom stereocenters. The monoisotopic (exact) mass is 448 g/mol. The lowest BCUT2D eigenvalue weighted by atomic mass is 10.0. The van der Waals surface area contributed by atoms with Crippen LogP contribution in [-0.2, 0) is 11.3 Å². The molecule has 2 aliphatic heterocycles. The molecule has 0 bridgehead atoms. The standard InChI is InChI=1S/C24H24N4O3S/c29-22-4-2-10-28(22)17-7-11-27(12-8-17)14-16-15-30-20-13-18(5-6-19(16)20)31-24-26-23-21(32-24)3-1-9-25-23/h1,3,5-6,9,13,15,17H,2,4,7-8,10-12,14H2. The highest BCUT2D eigenvalue weighted by Gasteiger charge is 2.30. The summed E-state index contributed by atoms with van der Waals surface area (Å²) >= 11 is 1.48. The predicted octanol–water partition coefficient (Wildman–Crippen LogP) is 4.82. The van der Waals surface area contributed by atoms with E-state index in [-0.39, 0.29) is 0 Å². The van der Waals surface area contributed by atoms with Gasteiger partial charge in [0.1, 0.15) is 11.3 Å². The molecule has 32 heavy (non-hydrogen) atoms. The van der Waals surface area contributed by atoms with Gasteiger partial charge >= 0.3 is 0 Å². The van der Waals surface area contributed by atoms with E-state index in [0.717, 1.165) is 67.5 Å². The molecule has 3 aromatic heterocycles. The highest BCUT2D eigenvalue weighted by atomic mass is 32.1. The summed E-state index contributed by atoms with van der Waals surface area (Å²) in [6, 6.07) is 10.2. The number of carbonyl (C=O) groups excluding carboxylic acids is 1. The second-order valence-electron chi connectivity index (χ2n) is 8.52. The van der Waals surface area contributed by atoms with E-state index >= 15 is 0 Å². The fourth-order valence-corrected chi connectivity index (χ4v) is 5.62. The molecule has 0 aliphatic carbocycles. The molecule has 4 aromatic rings. The number of aromatic nitrogens is 2. The number of carbonyl (C=O) groups is 1. The van der Waals surface area contributed by atoms with Crippen molar-refractivity contribution in [1.82, 2.24) is 19.8 Å². The van der Waals surface area contributed by atoms with Crippen molar-refractivity contribution in [1.29, 1.82) is 0 Å². The molecule has 164 valence electrons. The summed E-state index contributed by atoms with van der Waals surface area (Å²) in [5.41, 5.74) is 2.70. The molecule has 0 radical (unpaired) electrons. The van der Waals surface area contributed by atoms with E-state index in [9.17, 15) is 4.79 Å². The molecule has 7 nitrogen and oxygen atoms in total. The maximum absolute atomic E-state index is 12.0. The summed E-state index contributed by atoms with van der Waals surface area (Å²) in [6.07, 6.45) is 7.43. The number of likely N-dealkylation sites (tertiary alicyclic amines) is 2. The van der Waals surface area contributed by atoms with Gasteiger partial charge in [0.05, 0.1) is 11.0 Å². The zero-order valence-electron chi connectivity index (χ0n) is 17.7. The Morgan fingerprint density at radius 2 is 2.09 bits per heavy atom. The van der Waals surface area contributed by atoms with Crippen LogP contribution in [-0.4, -0.2) is 51.4 Å². The molecule has 1 aromatic carbocycles. The molecule has 0 spiro atoms. The lowest BCUT2D eigenvalue weighted by molar-refractivity contribution is -0.130. The van der Waals surface area contributed by atoms with Crippen molar-refractivity contribution in [3.8, 4) is 10.9 Å². The number of hydrogen-bond acceptors (Lipinski definition) is 7. The lowest BCUT2D eigenvalue weighted by Gasteiger charge is -2.36. The number of hydrogen-bond donors (Lipinski definition) is 0. The third-order valence-electron chi connectivity index (χ3n) is 6.48. The van der Waals surface area contributed by atoms with Crippen LogP contribution in [0.15, 0.2) is 47.2 Å². The predicted molar refractivity (Wildman–Crippen MR) is 123 cm³/mol. The molecule has 2 saturated heterocycles. The summed E-state index contributed by atoms with van der Waals surface area (Å²) in [5.74, 6) is 1.04. The highest BCUT2D eigenvalue weighted by molar-refractivity contribution is 7.20. The molecule has 2 fully saturated rings. The first-order chi connectivity index (χ1) is 15.7. The number of nitrogens with zero attached hydrogens (tertiary/aromatic N) is 4. The van der Waals surface area contributed by atoms with E-state index in [2.05, 4.69) is 25.8 Å². The number of benzene rings is 1. The summed E-state index contributed by atoms with van der Waals surface area (Å²) in [6.45, 7) is 3.81. The quantitative estimate of drug-likeness (QED) is 0.436. The molecule has 6 rings (SSSR count). The number of ether oxygens (including phenoxy) is 1. The molecule has 2 aliphatic rings. The van der Waals surface area contributed by atoms with Gasteiger partial charge in [0.25, 0.3) is 5.19 Å². The van der Waals surface area contributed by atoms with E-state index < -0.39 is 0 Å². The van der Waals surface area contributed by atoms with Crippen molar-refractivity contribution in [2.45, 2.75) is 38.3 Å². The van der Waals surface area contributed by atoms with E-state index in [1.165, 1.54) is 16.9 Å². The number of thiazole rings is 1. The van der Waals surface area contributed by atoms with Gasteiger partial charge in [-0.3, -0.25) is 9.69 Å². The smallest absolute Gasteiger partial charge is 0.281 e. The Bertz CT molecular complexity index is 1240. The highest BCUT2D eigenvalue weighted by Crippen LogP contribution is 2.33. The number of piperidine rings is 1. The van der Waals surface area contributed by atoms with Crippen LogP contribution < -0.4 is 4.74 Å². The van der Waals surface area contributed by atoms with E-state index in [1.54, 1.807) is 6.20 Å². The Hall–Kier alpha value is -2.97. The van der Waals surface area contributed by atoms with Gasteiger partial charge in [0.2, 0.25) is 5.91 Å². The van der Waals surface area contributed by atoms with Gasteiger partial charge in [0.15, 0.2) is 5.65 Å². The van der Waals surface area contributed by atoms with Crippen LogP contribution in [0.5, 0.6) is 10.9 Å². The Kier molecular flexibility index (Phi) is 5.04. The van der Waals surface area contributed by atoms with Gasteiger partial charge in [0, 0.05) is 61.9 Å². The first-order valence-corrected chi connectivity index (χ1v) is 12.0. The minimum atomic E-state index is 0.337. The first-order valence-electron chi connectivity index (χ1n) is 11.1. The summed E-state index contributed by atoms with van der Waals surface area (Å²) in [5, 5.41) is 1.68. The van der Waals surface area contributed by atoms with Crippen molar-refractivity contribution < 1.29 is 13.9 Å². The molecule has 0 saturated carbocycles. The van der Waals surface area contributed by atoms with Crippen LogP contribution in [0.1, 0.15) is 31.2 Å². The zero-order valence-corrected chi connectivity index (χ0v) is 18.5. The van der Waals surface area contributed by atoms with Gasteiger partial charge in [-0.05, 0) is 43.5 Å². The summed E-state index contributed by atoms with van der Waals surface area (Å²) in [4.78, 5) is 25.3. The van der Waals surface area contributed by atoms with E-state index in [4.69, 9.17) is 9.15 Å². The van der Waals surface area contributed by atoms with Crippen molar-refractivity contribution >= 4 is 38.6 Å². The molecular weight excluding hydrogens is 424 g/mol. The summed E-state index contributed by atoms with van der Waals surface area (Å²) in [7, 11) is 0. The molecule has 0 unspecified atom stereocenters. The SMILES string of the molecule is O=C1CCCN1C1CCN(Cc2coc3cc(Oc4nc5ncccc5s4)ccc23)CC1. The fraction of sp³-hybridized carbons (Fsp3) is 0.375. The average molecular weight is 449 g/mol. The molecule has 0 N–H and O–H groups in total. The summed E-state index contributed by atoms with van der Waals surface area (Å²) < 4.78 is 12.8. The number of furan rings is 1. The Morgan fingerprint density at radius 1 is 1.19 bits per heavy atom. The van der Waals surface area contributed by atoms with E-state index in [0.29, 0.717) is 28.5 Å². The third kappa shape index (κ3) is 3.73. The fourth-order valence-electron chi connectivity index (χ4n) is 4.83. The van der Waals surface area contributed by atoms with Crippen molar-refractivity contribution in [2.24, 2.45) is 0 Å². The number of fused-ring (bicyclic) bond motifs is 2. The largest absolute Gasteiger partial charge is 0.464 e. The van der Waals surface area contributed by atoms with Gasteiger partial charge in [-0.1, -0.05) is 11.3 Å². The maximum Gasteiger partial charge on any atom is 0.281 e. The molecule has 5 heterocycles. The van der Waals surface area contributed by atoms with Crippen LogP contribution in [0.4, 0.5) is 0 Å². The van der Waals surface area contributed by atoms with Crippen LogP contribution in [0.3, 0.4) is 0 Å². The van der Waals surface area contributed by atoms with Gasteiger partial charge in [-0.25, -0.2) is 4.98 Å². The van der Waals surface area contributed by atoms with Crippen LogP contribution >= 0.6 is 11.3 Å². The zero-order chi connectivity index (χ0) is 21.5. The average Bonchev–Trinajstić information content (AvgIpc) is 3.52. The van der Waals surface area contributed by atoms with Gasteiger partial charge in [-0.15, -0.1) is 0 Å². The maximum atomic E-state index is 12.0. The van der Waals surface area contributed by atoms with Crippen molar-refractivity contribution in [2.75, 3.05) is 19.6 Å². The second-order valence-corrected chi connectivity index (χ2v) is 9.52. The lowest BCUT2D eigenvalue weighted by Crippen LogP contribution is -2.45. The van der Waals surface area contributed by atoms with Crippen LogP contribution in [0.2, 0.25) is 0 Å². The Morgan fingerprint density at radius 3 is 2.91 bits per heavy atom. The minimum absolute atomic E-state index is 0.337. The van der Waals surface area contributed by atoms with Crippen LogP contribution in [0.25, 0.3) is 21.3 Å². The van der Waals surface area contributed by atoms with E-state index in [1.807, 2.05) is 30.5 Å². The number of rotatable bonds is 5. The Labute approximate surface area is 189 Å².